The first-order chi connectivity index (χ1) is 29.1. The first-order valence-electron chi connectivity index (χ1n) is 20.5. The third-order valence-electron chi connectivity index (χ3n) is 11.1. The molecule has 61 heavy (non-hydrogen) atoms. The Balaban J connectivity index is 0.000000232. The van der Waals surface area contributed by atoms with Gasteiger partial charge in [0.1, 0.15) is 21.3 Å². The highest BCUT2D eigenvalue weighted by Crippen LogP contribution is 2.41. The monoisotopic (exact) mass is 958 g/mol. The van der Waals surface area contributed by atoms with E-state index in [0.717, 1.165) is 48.3 Å². The Morgan fingerprint density at radius 2 is 1.13 bits per heavy atom. The highest BCUT2D eigenvalue weighted by atomic mass is 35.5. The largest absolute Gasteiger partial charge is 0.493 e. The molecule has 10 nitrogen and oxygen atoms in total. The van der Waals surface area contributed by atoms with Crippen molar-refractivity contribution in [1.82, 2.24) is 0 Å². The number of benzene rings is 2. The van der Waals surface area contributed by atoms with E-state index in [1.54, 1.807) is 42.5 Å². The van der Waals surface area contributed by atoms with Crippen LogP contribution in [0.2, 0.25) is 10.0 Å². The number of carboxylic acid groups (broad SMARTS) is 1. The summed E-state index contributed by atoms with van der Waals surface area (Å²) in [4.78, 5) is 26.2. The molecule has 2 aromatic heterocycles. The zero-order valence-corrected chi connectivity index (χ0v) is 38.7. The number of thiophene rings is 2. The van der Waals surface area contributed by atoms with Crippen LogP contribution in [-0.2, 0) is 30.8 Å². The molecule has 2 heterocycles. The summed E-state index contributed by atoms with van der Waals surface area (Å²) in [6.45, 7) is 4.09. The van der Waals surface area contributed by atoms with E-state index < -0.39 is 18.2 Å². The Kier molecular flexibility index (Phi) is 19.3. The summed E-state index contributed by atoms with van der Waals surface area (Å²) in [5.74, 6) is 0.0360. The van der Waals surface area contributed by atoms with E-state index in [-0.39, 0.29) is 59.7 Å². The second kappa shape index (κ2) is 23.9. The number of aryl methyl sites for hydroxylation is 2. The number of aliphatic hydroxyl groups is 4. The van der Waals surface area contributed by atoms with E-state index in [9.17, 15) is 30.0 Å². The van der Waals surface area contributed by atoms with Crippen molar-refractivity contribution < 1.29 is 49.3 Å². The van der Waals surface area contributed by atoms with E-state index >= 15 is 0 Å². The number of halogens is 4. The molecule has 334 valence electrons. The molecule has 6 rings (SSSR count). The van der Waals surface area contributed by atoms with Crippen molar-refractivity contribution in [2.24, 2.45) is 23.7 Å². The second-order valence-electron chi connectivity index (χ2n) is 15.9. The summed E-state index contributed by atoms with van der Waals surface area (Å²) in [5, 5.41) is 49.4. The Morgan fingerprint density at radius 3 is 1.54 bits per heavy atom. The smallest absolute Gasteiger partial charge is 0.348 e. The van der Waals surface area contributed by atoms with Crippen molar-refractivity contribution >= 4 is 81.0 Å². The lowest BCUT2D eigenvalue weighted by molar-refractivity contribution is 0.0383. The van der Waals surface area contributed by atoms with Gasteiger partial charge >= 0.3 is 11.9 Å². The van der Waals surface area contributed by atoms with E-state index in [1.165, 1.54) is 22.7 Å². The lowest BCUT2D eigenvalue weighted by atomic mass is 9.90. The third-order valence-corrected chi connectivity index (χ3v) is 14.8. The number of carbonyl (C=O) groups excluding carboxylic acids is 1. The number of aliphatic hydroxyl groups excluding tert-OH is 4. The molecule has 0 unspecified atom stereocenters. The maximum absolute atomic E-state index is 12.0. The SMILES string of the molecule is CC(C)OC(=O)c1ccc(CCC[C@@H]2[C@@H](COc3cc(Cl)cc(CO)c3)[C@H](O)C[C@H]2Cl)s1.O=C(O)c1ccc(CCC[C@@H]2[C@@H](COc3cc(Cl)cc(CO)c3)[C@H](O)C[C@H]2Cl)s1. The number of alkyl halides is 2. The fourth-order valence-corrected chi connectivity index (χ4v) is 11.4. The molecular formula is C45H54Cl4O10S2. The van der Waals surface area contributed by atoms with Gasteiger partial charge in [-0.25, -0.2) is 9.59 Å². The van der Waals surface area contributed by atoms with Crippen molar-refractivity contribution in [2.45, 2.75) is 107 Å². The molecule has 16 heteroatoms. The minimum Gasteiger partial charge on any atom is -0.493 e. The van der Waals surface area contributed by atoms with Crippen molar-refractivity contribution in [3.8, 4) is 11.5 Å². The average molecular weight is 961 g/mol. The fraction of sp³-hybridized carbons (Fsp3) is 0.511. The molecule has 2 aliphatic carbocycles. The molecule has 8 atom stereocenters. The van der Waals surface area contributed by atoms with E-state index in [1.807, 2.05) is 32.0 Å². The van der Waals surface area contributed by atoms with Gasteiger partial charge in [0.25, 0.3) is 0 Å². The van der Waals surface area contributed by atoms with Gasteiger partial charge in [-0.2, -0.15) is 0 Å². The van der Waals surface area contributed by atoms with Gasteiger partial charge < -0.3 is 39.7 Å². The summed E-state index contributed by atoms with van der Waals surface area (Å²) >= 11 is 28.0. The first-order valence-corrected chi connectivity index (χ1v) is 23.7. The predicted molar refractivity (Wildman–Crippen MR) is 242 cm³/mol. The van der Waals surface area contributed by atoms with Crippen molar-refractivity contribution in [3.05, 3.63) is 101 Å². The maximum atomic E-state index is 12.0. The molecule has 2 saturated carbocycles. The number of rotatable bonds is 19. The predicted octanol–water partition coefficient (Wildman–Crippen LogP) is 10.1. The molecule has 4 aromatic rings. The number of hydrogen-bond donors (Lipinski definition) is 5. The molecule has 0 amide bonds. The van der Waals surface area contributed by atoms with Crippen LogP contribution in [0.3, 0.4) is 0 Å². The number of hydrogen-bond acceptors (Lipinski definition) is 11. The summed E-state index contributed by atoms with van der Waals surface area (Å²) in [5.41, 5.74) is 1.35. The van der Waals surface area contributed by atoms with Gasteiger partial charge in [-0.3, -0.25) is 0 Å². The highest BCUT2D eigenvalue weighted by Gasteiger charge is 2.42. The number of esters is 1. The molecule has 2 aliphatic rings. The van der Waals surface area contributed by atoms with Gasteiger partial charge in [-0.05, 0) is 149 Å². The quantitative estimate of drug-likeness (QED) is 0.0452. The third kappa shape index (κ3) is 14.7. The molecule has 0 aliphatic heterocycles. The van der Waals surface area contributed by atoms with Gasteiger partial charge in [-0.1, -0.05) is 23.2 Å². The van der Waals surface area contributed by atoms with Gasteiger partial charge in [0.2, 0.25) is 0 Å². The normalized spacial score (nSPS) is 23.5. The Morgan fingerprint density at radius 1 is 0.689 bits per heavy atom. The number of ether oxygens (including phenoxy) is 3. The molecule has 2 aromatic carbocycles. The van der Waals surface area contributed by atoms with Crippen LogP contribution in [0.5, 0.6) is 11.5 Å². The average Bonchev–Trinajstić information content (AvgIpc) is 3.99. The molecule has 0 radical (unpaired) electrons. The van der Waals surface area contributed by atoms with Gasteiger partial charge in [0.15, 0.2) is 0 Å². The Hall–Kier alpha value is -2.62. The standard InChI is InChI=1S/C24H30Cl2O5S.C21H24Cl2O5S/c1-14(2)31-24(29)23-7-6-18(32-23)4-3-5-19-20(22(28)11-21(19)26)13-30-17-9-15(12-27)8-16(25)10-17;22-13-6-12(10-24)7-14(8-13)28-11-17-16(18(23)9-19(17)25)3-1-2-15-4-5-20(29-15)21(26)27/h6-10,14,19-22,27-28H,3-5,11-13H2,1-2H3;4-8,16-19,24-25H,1-3,9-11H2,(H,26,27)/t19-,20-,21-,22-;16-,17-,18-,19-/m11/s1. The topological polar surface area (TPSA) is 163 Å². The van der Waals surface area contributed by atoms with Crippen LogP contribution in [0.1, 0.15) is 92.6 Å². The number of carbonyl (C=O) groups is 2. The van der Waals surface area contributed by atoms with Crippen molar-refractivity contribution in [2.75, 3.05) is 13.2 Å². The number of carboxylic acids is 1. The first kappa shape index (κ1) is 49.4. The molecule has 2 fully saturated rings. The number of aromatic carboxylic acids is 1. The maximum Gasteiger partial charge on any atom is 0.348 e. The summed E-state index contributed by atoms with van der Waals surface area (Å²) in [6.07, 6.45) is 4.98. The summed E-state index contributed by atoms with van der Waals surface area (Å²) < 4.78 is 17.1. The van der Waals surface area contributed by atoms with E-state index in [4.69, 9.17) is 65.7 Å². The van der Waals surface area contributed by atoms with Crippen molar-refractivity contribution in [3.63, 3.8) is 0 Å². The zero-order chi connectivity index (χ0) is 44.2. The van der Waals surface area contributed by atoms with Crippen LogP contribution in [0.4, 0.5) is 0 Å². The van der Waals surface area contributed by atoms with Crippen LogP contribution in [0, 0.1) is 23.7 Å². The molecule has 5 N–H and O–H groups in total. The Bertz CT molecular complexity index is 2020. The highest BCUT2D eigenvalue weighted by molar-refractivity contribution is 7.14. The van der Waals surface area contributed by atoms with Crippen LogP contribution >= 0.6 is 69.1 Å². The van der Waals surface area contributed by atoms with Gasteiger partial charge in [-0.15, -0.1) is 45.9 Å². The molecular weight excluding hydrogens is 906 g/mol. The van der Waals surface area contributed by atoms with Crippen LogP contribution < -0.4 is 9.47 Å². The van der Waals surface area contributed by atoms with Crippen LogP contribution in [0.15, 0.2) is 60.7 Å². The van der Waals surface area contributed by atoms with E-state index in [0.29, 0.717) is 68.5 Å². The molecule has 0 bridgehead atoms. The zero-order valence-electron chi connectivity index (χ0n) is 34.1. The lowest BCUT2D eigenvalue weighted by Gasteiger charge is -2.24. The van der Waals surface area contributed by atoms with Gasteiger partial charge in [0, 0.05) is 42.4 Å². The second-order valence-corrected chi connectivity index (χ2v) is 20.2. The van der Waals surface area contributed by atoms with Crippen LogP contribution in [0.25, 0.3) is 0 Å². The molecule has 0 spiro atoms. The van der Waals surface area contributed by atoms with Crippen molar-refractivity contribution in [1.29, 1.82) is 0 Å². The van der Waals surface area contributed by atoms with E-state index in [2.05, 4.69) is 0 Å². The minimum atomic E-state index is -0.899. The van der Waals surface area contributed by atoms with Crippen LogP contribution in [-0.4, -0.2) is 79.8 Å². The molecule has 0 saturated heterocycles. The minimum absolute atomic E-state index is 0.0750. The Labute approximate surface area is 385 Å². The summed E-state index contributed by atoms with van der Waals surface area (Å²) in [6, 6.07) is 17.5. The fourth-order valence-electron chi connectivity index (χ4n) is 8.05. The summed E-state index contributed by atoms with van der Waals surface area (Å²) in [7, 11) is 0. The lowest BCUT2D eigenvalue weighted by Crippen LogP contribution is -2.27. The van der Waals surface area contributed by atoms with Gasteiger partial charge in [0.05, 0.1) is 44.7 Å².